The van der Waals surface area contributed by atoms with E-state index in [0.29, 0.717) is 6.54 Å². The van der Waals surface area contributed by atoms with E-state index in [9.17, 15) is 4.79 Å². The quantitative estimate of drug-likeness (QED) is 0.890. The van der Waals surface area contributed by atoms with Gasteiger partial charge in [-0.1, -0.05) is 12.1 Å². The van der Waals surface area contributed by atoms with Crippen molar-refractivity contribution >= 4 is 5.91 Å². The fourth-order valence-electron chi connectivity index (χ4n) is 4.08. The number of amides is 1. The summed E-state index contributed by atoms with van der Waals surface area (Å²) < 4.78 is 11.7. The van der Waals surface area contributed by atoms with Crippen molar-refractivity contribution in [1.82, 2.24) is 10.2 Å². The first-order valence-electron chi connectivity index (χ1n) is 9.28. The number of ether oxygens (including phenoxy) is 2. The van der Waals surface area contributed by atoms with Crippen molar-refractivity contribution in [2.45, 2.75) is 57.8 Å². The lowest BCUT2D eigenvalue weighted by molar-refractivity contribution is -0.120. The second kappa shape index (κ2) is 7.75. The minimum atomic E-state index is 0.0224. The largest absolute Gasteiger partial charge is 0.496 e. The van der Waals surface area contributed by atoms with E-state index in [1.165, 1.54) is 11.1 Å². The Morgan fingerprint density at radius 1 is 1.36 bits per heavy atom. The van der Waals surface area contributed by atoms with Gasteiger partial charge in [0.05, 0.1) is 18.8 Å². The zero-order valence-electron chi connectivity index (χ0n) is 15.6. The highest BCUT2D eigenvalue weighted by Crippen LogP contribution is 2.39. The molecule has 5 heteroatoms. The Kier molecular flexibility index (Phi) is 5.64. The van der Waals surface area contributed by atoms with Crippen LogP contribution in [0.15, 0.2) is 18.2 Å². The van der Waals surface area contributed by atoms with E-state index in [2.05, 4.69) is 35.3 Å². The zero-order valence-corrected chi connectivity index (χ0v) is 15.6. The van der Waals surface area contributed by atoms with Crippen molar-refractivity contribution in [2.75, 3.05) is 26.7 Å². The van der Waals surface area contributed by atoms with Crippen LogP contribution in [0.2, 0.25) is 0 Å². The molecule has 2 saturated heterocycles. The van der Waals surface area contributed by atoms with E-state index < -0.39 is 0 Å². The third kappa shape index (κ3) is 4.53. The number of likely N-dealkylation sites (tertiary alicyclic amines) is 1. The molecule has 1 amide bonds. The molecule has 1 N–H and O–H groups in total. The maximum absolute atomic E-state index is 11.1. The Morgan fingerprint density at radius 3 is 2.76 bits per heavy atom. The van der Waals surface area contributed by atoms with Gasteiger partial charge in [-0.05, 0) is 49.8 Å². The molecule has 0 bridgehead atoms. The molecule has 138 valence electrons. The van der Waals surface area contributed by atoms with Gasteiger partial charge in [-0.3, -0.25) is 9.69 Å². The Balaban J connectivity index is 1.49. The summed E-state index contributed by atoms with van der Waals surface area (Å²) in [5.41, 5.74) is 2.56. The number of benzene rings is 1. The van der Waals surface area contributed by atoms with Crippen molar-refractivity contribution in [3.05, 3.63) is 29.3 Å². The van der Waals surface area contributed by atoms with Crippen molar-refractivity contribution in [2.24, 2.45) is 0 Å². The molecule has 2 aliphatic heterocycles. The monoisotopic (exact) mass is 346 g/mol. The van der Waals surface area contributed by atoms with Crippen LogP contribution in [0.4, 0.5) is 0 Å². The molecule has 1 atom stereocenters. The Morgan fingerprint density at radius 2 is 2.12 bits per heavy atom. The van der Waals surface area contributed by atoms with E-state index in [4.69, 9.17) is 9.47 Å². The van der Waals surface area contributed by atoms with Crippen LogP contribution in [0.25, 0.3) is 0 Å². The molecular weight excluding hydrogens is 316 g/mol. The SMILES string of the molecule is COc1ccc(CN2CCC3(CCC(CNC(C)=O)O3)CC2)cc1C. The van der Waals surface area contributed by atoms with Crippen LogP contribution in [0, 0.1) is 6.92 Å². The molecule has 1 unspecified atom stereocenters. The van der Waals surface area contributed by atoms with E-state index in [0.717, 1.165) is 51.1 Å². The van der Waals surface area contributed by atoms with Gasteiger partial charge in [0.25, 0.3) is 0 Å². The Bertz CT molecular complexity index is 609. The van der Waals surface area contributed by atoms with E-state index in [1.54, 1.807) is 14.0 Å². The van der Waals surface area contributed by atoms with E-state index in [1.807, 2.05) is 0 Å². The van der Waals surface area contributed by atoms with Crippen LogP contribution in [0.5, 0.6) is 5.75 Å². The minimum Gasteiger partial charge on any atom is -0.496 e. The highest BCUT2D eigenvalue weighted by Gasteiger charge is 2.42. The predicted octanol–water partition coefficient (Wildman–Crippen LogP) is 2.65. The summed E-state index contributed by atoms with van der Waals surface area (Å²) in [5, 5.41) is 2.88. The average molecular weight is 346 g/mol. The number of hydrogen-bond donors (Lipinski definition) is 1. The summed E-state index contributed by atoms with van der Waals surface area (Å²) in [7, 11) is 1.72. The van der Waals surface area contributed by atoms with Gasteiger partial charge in [-0.15, -0.1) is 0 Å². The first-order valence-corrected chi connectivity index (χ1v) is 9.28. The van der Waals surface area contributed by atoms with Gasteiger partial charge in [0.1, 0.15) is 5.75 Å². The standard InChI is InChI=1S/C20H30N2O3/c1-15-12-17(4-5-19(15)24-3)14-22-10-8-20(9-11-22)7-6-18(25-20)13-21-16(2)23/h4-5,12,18H,6-11,13-14H2,1-3H3,(H,21,23). The lowest BCUT2D eigenvalue weighted by Gasteiger charge is -2.39. The number of carbonyl (C=O) groups is 1. The molecule has 2 aliphatic rings. The summed E-state index contributed by atoms with van der Waals surface area (Å²) in [6, 6.07) is 6.44. The number of carbonyl (C=O) groups excluding carboxylic acids is 1. The summed E-state index contributed by atoms with van der Waals surface area (Å²) in [5.74, 6) is 0.972. The second-order valence-corrected chi connectivity index (χ2v) is 7.48. The molecular formula is C20H30N2O3. The maximum atomic E-state index is 11.1. The molecule has 0 radical (unpaired) electrons. The Labute approximate surface area is 150 Å². The maximum Gasteiger partial charge on any atom is 0.216 e. The molecule has 3 rings (SSSR count). The van der Waals surface area contributed by atoms with Crippen molar-refractivity contribution in [3.63, 3.8) is 0 Å². The number of hydrogen-bond acceptors (Lipinski definition) is 4. The fraction of sp³-hybridized carbons (Fsp3) is 0.650. The predicted molar refractivity (Wildman–Crippen MR) is 97.8 cm³/mol. The van der Waals surface area contributed by atoms with Gasteiger partial charge < -0.3 is 14.8 Å². The van der Waals surface area contributed by atoms with Crippen LogP contribution in [0.3, 0.4) is 0 Å². The molecule has 2 heterocycles. The molecule has 0 aliphatic carbocycles. The van der Waals surface area contributed by atoms with Gasteiger partial charge in [0.2, 0.25) is 5.91 Å². The van der Waals surface area contributed by atoms with Gasteiger partial charge in [-0.25, -0.2) is 0 Å². The van der Waals surface area contributed by atoms with Crippen molar-refractivity contribution < 1.29 is 14.3 Å². The molecule has 25 heavy (non-hydrogen) atoms. The second-order valence-electron chi connectivity index (χ2n) is 7.48. The number of nitrogens with one attached hydrogen (secondary N) is 1. The highest BCUT2D eigenvalue weighted by atomic mass is 16.5. The van der Waals surface area contributed by atoms with E-state index >= 15 is 0 Å². The summed E-state index contributed by atoms with van der Waals surface area (Å²) in [4.78, 5) is 13.6. The molecule has 0 saturated carbocycles. The van der Waals surface area contributed by atoms with E-state index in [-0.39, 0.29) is 17.6 Å². The minimum absolute atomic E-state index is 0.0224. The summed E-state index contributed by atoms with van der Waals surface area (Å²) in [6.45, 7) is 7.41. The van der Waals surface area contributed by atoms with Gasteiger partial charge >= 0.3 is 0 Å². The number of piperidine rings is 1. The zero-order chi connectivity index (χ0) is 17.9. The molecule has 1 aromatic carbocycles. The molecule has 1 spiro atoms. The topological polar surface area (TPSA) is 50.8 Å². The van der Waals surface area contributed by atoms with Gasteiger partial charge in [0.15, 0.2) is 0 Å². The number of nitrogens with zero attached hydrogens (tertiary/aromatic N) is 1. The number of aryl methyl sites for hydroxylation is 1. The van der Waals surface area contributed by atoms with Crippen LogP contribution in [-0.4, -0.2) is 49.3 Å². The van der Waals surface area contributed by atoms with Crippen molar-refractivity contribution in [3.8, 4) is 5.75 Å². The summed E-state index contributed by atoms with van der Waals surface area (Å²) in [6.07, 6.45) is 4.52. The lowest BCUT2D eigenvalue weighted by atomic mass is 9.88. The lowest BCUT2D eigenvalue weighted by Crippen LogP contribution is -2.44. The van der Waals surface area contributed by atoms with Crippen LogP contribution in [0.1, 0.15) is 43.7 Å². The molecule has 2 fully saturated rings. The third-order valence-electron chi connectivity index (χ3n) is 5.55. The van der Waals surface area contributed by atoms with Gasteiger partial charge in [0, 0.05) is 33.1 Å². The fourth-order valence-corrected chi connectivity index (χ4v) is 4.08. The molecule has 0 aromatic heterocycles. The normalized spacial score (nSPS) is 22.9. The van der Waals surface area contributed by atoms with Crippen LogP contribution in [-0.2, 0) is 16.1 Å². The van der Waals surface area contributed by atoms with Crippen molar-refractivity contribution in [1.29, 1.82) is 0 Å². The first-order chi connectivity index (χ1) is 12.0. The molecule has 1 aromatic rings. The van der Waals surface area contributed by atoms with Crippen LogP contribution >= 0.6 is 0 Å². The molecule has 5 nitrogen and oxygen atoms in total. The Hall–Kier alpha value is -1.59. The summed E-state index contributed by atoms with van der Waals surface area (Å²) >= 11 is 0. The number of rotatable bonds is 5. The van der Waals surface area contributed by atoms with Crippen LogP contribution < -0.4 is 10.1 Å². The highest BCUT2D eigenvalue weighted by molar-refractivity contribution is 5.72. The van der Waals surface area contributed by atoms with Gasteiger partial charge in [-0.2, -0.15) is 0 Å². The average Bonchev–Trinajstić information content (AvgIpc) is 2.99. The first kappa shape index (κ1) is 18.2. The smallest absolute Gasteiger partial charge is 0.216 e. The third-order valence-corrected chi connectivity index (χ3v) is 5.55. The number of methoxy groups -OCH3 is 1.